The zero-order chi connectivity index (χ0) is 14.7. The van der Waals surface area contributed by atoms with Crippen LogP contribution in [0.15, 0.2) is 54.6 Å². The second kappa shape index (κ2) is 5.87. The van der Waals surface area contributed by atoms with E-state index in [9.17, 15) is 4.79 Å². The van der Waals surface area contributed by atoms with Gasteiger partial charge in [-0.15, -0.1) is 0 Å². The molecule has 21 heavy (non-hydrogen) atoms. The van der Waals surface area contributed by atoms with Crippen LogP contribution < -0.4 is 5.73 Å². The van der Waals surface area contributed by atoms with Crippen LogP contribution in [0, 0.1) is 0 Å². The van der Waals surface area contributed by atoms with Gasteiger partial charge in [0, 0.05) is 31.9 Å². The minimum atomic E-state index is 0.107. The average Bonchev–Trinajstić information content (AvgIpc) is 2.84. The highest BCUT2D eigenvalue weighted by Gasteiger charge is 2.28. The minimum Gasteiger partial charge on any atom is -0.399 e. The molecule has 108 valence electrons. The molecule has 2 N–H and O–H groups in total. The number of rotatable bonds is 4. The number of carbonyl (C=O) groups is 1. The van der Waals surface area contributed by atoms with Gasteiger partial charge in [-0.2, -0.15) is 0 Å². The van der Waals surface area contributed by atoms with Crippen molar-refractivity contribution >= 4 is 11.7 Å². The summed E-state index contributed by atoms with van der Waals surface area (Å²) in [5.41, 5.74) is 8.71. The van der Waals surface area contributed by atoms with Crippen LogP contribution in [0.3, 0.4) is 0 Å². The summed E-state index contributed by atoms with van der Waals surface area (Å²) >= 11 is 0. The summed E-state index contributed by atoms with van der Waals surface area (Å²) < 4.78 is 0. The molecule has 4 nitrogen and oxygen atoms in total. The van der Waals surface area contributed by atoms with Gasteiger partial charge in [0.1, 0.15) is 0 Å². The van der Waals surface area contributed by atoms with E-state index in [1.54, 1.807) is 0 Å². The maximum atomic E-state index is 12.4. The van der Waals surface area contributed by atoms with Gasteiger partial charge in [0.25, 0.3) is 0 Å². The largest absolute Gasteiger partial charge is 0.399 e. The Hall–Kier alpha value is -2.49. The van der Waals surface area contributed by atoms with E-state index in [1.165, 1.54) is 5.56 Å². The number of nitrogen functional groups attached to an aromatic ring is 1. The van der Waals surface area contributed by atoms with Crippen molar-refractivity contribution in [1.29, 1.82) is 0 Å². The summed E-state index contributed by atoms with van der Waals surface area (Å²) in [6.07, 6.45) is 0. The van der Waals surface area contributed by atoms with Crippen molar-refractivity contribution in [2.24, 2.45) is 0 Å². The minimum absolute atomic E-state index is 0.107. The third-order valence-corrected chi connectivity index (χ3v) is 3.75. The quantitative estimate of drug-likeness (QED) is 0.876. The van der Waals surface area contributed by atoms with Gasteiger partial charge in [-0.1, -0.05) is 42.5 Å². The summed E-state index contributed by atoms with van der Waals surface area (Å²) in [5, 5.41) is 0. The number of nitrogens with two attached hydrogens (primary N) is 1. The Bertz CT molecular complexity index is 610. The van der Waals surface area contributed by atoms with Crippen LogP contribution in [0.1, 0.15) is 11.1 Å². The zero-order valence-corrected chi connectivity index (χ0v) is 11.9. The van der Waals surface area contributed by atoms with Gasteiger partial charge < -0.3 is 15.5 Å². The normalized spacial score (nSPS) is 14.8. The van der Waals surface area contributed by atoms with Crippen molar-refractivity contribution in [1.82, 2.24) is 9.80 Å². The maximum absolute atomic E-state index is 12.4. The second-order valence-electron chi connectivity index (χ2n) is 5.35. The van der Waals surface area contributed by atoms with Crippen LogP contribution in [0.2, 0.25) is 0 Å². The van der Waals surface area contributed by atoms with E-state index >= 15 is 0 Å². The standard InChI is InChI=1S/C17H19N3O/c18-16-8-6-15(7-9-16)13-20-11-10-19(17(20)21)12-14-4-2-1-3-5-14/h1-9H,10-13,18H2. The molecule has 4 heteroatoms. The number of carbonyl (C=O) groups excluding carboxylic acids is 1. The first-order valence-corrected chi connectivity index (χ1v) is 7.14. The third-order valence-electron chi connectivity index (χ3n) is 3.75. The first-order chi connectivity index (χ1) is 10.2. The van der Waals surface area contributed by atoms with E-state index in [-0.39, 0.29) is 6.03 Å². The summed E-state index contributed by atoms with van der Waals surface area (Å²) in [7, 11) is 0. The SMILES string of the molecule is Nc1ccc(CN2CCN(Cc3ccccc3)C2=O)cc1. The van der Waals surface area contributed by atoms with Crippen molar-refractivity contribution in [3.05, 3.63) is 65.7 Å². The van der Waals surface area contributed by atoms with Gasteiger partial charge in [-0.05, 0) is 23.3 Å². The number of nitrogens with zero attached hydrogens (tertiary/aromatic N) is 2. The molecule has 1 fully saturated rings. The lowest BCUT2D eigenvalue weighted by atomic mass is 10.2. The predicted octanol–water partition coefficient (Wildman–Crippen LogP) is 2.71. The van der Waals surface area contributed by atoms with Crippen LogP contribution in [0.25, 0.3) is 0 Å². The van der Waals surface area contributed by atoms with Gasteiger partial charge in [-0.3, -0.25) is 0 Å². The van der Waals surface area contributed by atoms with Gasteiger partial charge >= 0.3 is 6.03 Å². The van der Waals surface area contributed by atoms with Crippen LogP contribution in [-0.2, 0) is 13.1 Å². The molecule has 0 atom stereocenters. The molecule has 1 heterocycles. The van der Waals surface area contributed by atoms with E-state index in [4.69, 9.17) is 5.73 Å². The molecule has 0 radical (unpaired) electrons. The highest BCUT2D eigenvalue weighted by molar-refractivity contribution is 5.76. The number of urea groups is 1. The molecule has 0 aliphatic carbocycles. The van der Waals surface area contributed by atoms with Crippen molar-refractivity contribution in [3.8, 4) is 0 Å². The lowest BCUT2D eigenvalue weighted by Gasteiger charge is -2.19. The van der Waals surface area contributed by atoms with E-state index in [2.05, 4.69) is 12.1 Å². The molecule has 1 aliphatic heterocycles. The fraction of sp³-hybridized carbons (Fsp3) is 0.235. The van der Waals surface area contributed by atoms with Gasteiger partial charge in [-0.25, -0.2) is 4.79 Å². The number of hydrogen-bond donors (Lipinski definition) is 1. The molecule has 0 aromatic heterocycles. The highest BCUT2D eigenvalue weighted by atomic mass is 16.2. The van der Waals surface area contributed by atoms with Gasteiger partial charge in [0.05, 0.1) is 0 Å². The van der Waals surface area contributed by atoms with Crippen molar-refractivity contribution in [2.45, 2.75) is 13.1 Å². The zero-order valence-electron chi connectivity index (χ0n) is 11.9. The van der Waals surface area contributed by atoms with Gasteiger partial charge in [0.2, 0.25) is 0 Å². The summed E-state index contributed by atoms with van der Waals surface area (Å²) in [5.74, 6) is 0. The Kier molecular flexibility index (Phi) is 3.77. The first kappa shape index (κ1) is 13.5. The maximum Gasteiger partial charge on any atom is 0.320 e. The molecule has 0 spiro atoms. The molecule has 2 aromatic carbocycles. The fourth-order valence-electron chi connectivity index (χ4n) is 2.57. The Morgan fingerprint density at radius 3 is 1.90 bits per heavy atom. The van der Waals surface area contributed by atoms with E-state index < -0.39 is 0 Å². The van der Waals surface area contributed by atoms with E-state index in [0.29, 0.717) is 13.1 Å². The number of anilines is 1. The lowest BCUT2D eigenvalue weighted by Crippen LogP contribution is -2.31. The predicted molar refractivity (Wildman–Crippen MR) is 83.5 cm³/mol. The smallest absolute Gasteiger partial charge is 0.320 e. The van der Waals surface area contributed by atoms with Crippen molar-refractivity contribution in [2.75, 3.05) is 18.8 Å². The summed E-state index contributed by atoms with van der Waals surface area (Å²) in [4.78, 5) is 16.2. The third kappa shape index (κ3) is 3.16. The molecule has 0 bridgehead atoms. The van der Waals surface area contributed by atoms with Crippen molar-refractivity contribution < 1.29 is 4.79 Å². The number of benzene rings is 2. The fourth-order valence-corrected chi connectivity index (χ4v) is 2.57. The highest BCUT2D eigenvalue weighted by Crippen LogP contribution is 2.16. The molecule has 2 amide bonds. The summed E-state index contributed by atoms with van der Waals surface area (Å²) in [6.45, 7) is 2.88. The number of hydrogen-bond acceptors (Lipinski definition) is 2. The Morgan fingerprint density at radius 2 is 1.33 bits per heavy atom. The van der Waals surface area contributed by atoms with Crippen LogP contribution in [0.4, 0.5) is 10.5 Å². The topological polar surface area (TPSA) is 49.6 Å². The molecule has 1 aliphatic rings. The molecule has 1 saturated heterocycles. The first-order valence-electron chi connectivity index (χ1n) is 7.14. The van der Waals surface area contributed by atoms with Crippen molar-refractivity contribution in [3.63, 3.8) is 0 Å². The van der Waals surface area contributed by atoms with Crippen LogP contribution in [-0.4, -0.2) is 28.9 Å². The number of amides is 2. The molecule has 0 unspecified atom stereocenters. The average molecular weight is 281 g/mol. The molecule has 2 aromatic rings. The molecular formula is C17H19N3O. The molecule has 0 saturated carbocycles. The van der Waals surface area contributed by atoms with E-state index in [1.807, 2.05) is 52.3 Å². The summed E-state index contributed by atoms with van der Waals surface area (Å²) in [6, 6.07) is 17.9. The van der Waals surface area contributed by atoms with Crippen LogP contribution >= 0.6 is 0 Å². The lowest BCUT2D eigenvalue weighted by molar-refractivity contribution is 0.189. The second-order valence-corrected chi connectivity index (χ2v) is 5.35. The Labute approximate surface area is 124 Å². The van der Waals surface area contributed by atoms with Gasteiger partial charge in [0.15, 0.2) is 0 Å². The molecular weight excluding hydrogens is 262 g/mol. The Morgan fingerprint density at radius 1 is 0.810 bits per heavy atom. The van der Waals surface area contributed by atoms with E-state index in [0.717, 1.165) is 24.3 Å². The Balaban J connectivity index is 1.62. The molecule has 3 rings (SSSR count). The monoisotopic (exact) mass is 281 g/mol. The van der Waals surface area contributed by atoms with Crippen LogP contribution in [0.5, 0.6) is 0 Å².